The molecule has 5 heteroatoms. The Morgan fingerprint density at radius 2 is 2.11 bits per heavy atom. The van der Waals surface area contributed by atoms with Crippen molar-refractivity contribution in [3.8, 4) is 0 Å². The van der Waals surface area contributed by atoms with Crippen LogP contribution >= 0.6 is 0 Å². The van der Waals surface area contributed by atoms with Gasteiger partial charge in [-0.3, -0.25) is 9.80 Å². The van der Waals surface area contributed by atoms with E-state index in [-0.39, 0.29) is 6.61 Å². The highest BCUT2D eigenvalue weighted by Gasteiger charge is 2.13. The molecule has 0 spiro atoms. The Labute approximate surface area is 108 Å². The number of aliphatic hydroxyl groups excluding tert-OH is 1. The van der Waals surface area contributed by atoms with Crippen LogP contribution in [-0.2, 0) is 11.3 Å². The fourth-order valence-electron chi connectivity index (χ4n) is 2.14. The summed E-state index contributed by atoms with van der Waals surface area (Å²) in [4.78, 5) is 4.62. The zero-order chi connectivity index (χ0) is 12.6. The van der Waals surface area contributed by atoms with Crippen LogP contribution in [0.25, 0.3) is 0 Å². The van der Waals surface area contributed by atoms with Crippen molar-refractivity contribution in [2.75, 3.05) is 52.5 Å². The smallest absolute Gasteiger partial charge is 0.117 e. The van der Waals surface area contributed by atoms with E-state index in [1.807, 2.05) is 12.1 Å². The Morgan fingerprint density at radius 3 is 2.78 bits per heavy atom. The number of aliphatic hydroxyl groups is 1. The molecule has 0 aliphatic carbocycles. The van der Waals surface area contributed by atoms with Crippen molar-refractivity contribution in [3.63, 3.8) is 0 Å². The molecule has 1 saturated heterocycles. The first-order valence-electron chi connectivity index (χ1n) is 6.54. The van der Waals surface area contributed by atoms with Crippen molar-refractivity contribution in [1.29, 1.82) is 0 Å². The highest BCUT2D eigenvalue weighted by Crippen LogP contribution is 2.05. The van der Waals surface area contributed by atoms with E-state index in [9.17, 15) is 0 Å². The van der Waals surface area contributed by atoms with Gasteiger partial charge in [0.25, 0.3) is 0 Å². The zero-order valence-electron chi connectivity index (χ0n) is 10.8. The van der Waals surface area contributed by atoms with E-state index in [0.717, 1.165) is 51.7 Å². The molecule has 18 heavy (non-hydrogen) atoms. The standard InChI is InChI=1S/C13H22N2O3/c16-8-5-15(12-13-2-1-9-18-13)4-3-14-6-10-17-11-7-14/h1-2,9,16H,3-8,10-12H2. The fourth-order valence-corrected chi connectivity index (χ4v) is 2.14. The molecule has 5 nitrogen and oxygen atoms in total. The summed E-state index contributed by atoms with van der Waals surface area (Å²) >= 11 is 0. The predicted octanol–water partition coefficient (Wildman–Crippen LogP) is 0.406. The Balaban J connectivity index is 1.74. The predicted molar refractivity (Wildman–Crippen MR) is 68.3 cm³/mol. The summed E-state index contributed by atoms with van der Waals surface area (Å²) < 4.78 is 10.7. The second-order valence-electron chi connectivity index (χ2n) is 4.53. The van der Waals surface area contributed by atoms with Gasteiger partial charge < -0.3 is 14.3 Å². The average Bonchev–Trinajstić information content (AvgIpc) is 2.90. The Kier molecular flexibility index (Phi) is 5.67. The molecule has 0 bridgehead atoms. The summed E-state index contributed by atoms with van der Waals surface area (Å²) in [5.41, 5.74) is 0. The van der Waals surface area contributed by atoms with E-state index in [1.54, 1.807) is 6.26 Å². The van der Waals surface area contributed by atoms with Crippen LogP contribution in [0, 0.1) is 0 Å². The largest absolute Gasteiger partial charge is 0.468 e. The number of morpholine rings is 1. The second-order valence-corrected chi connectivity index (χ2v) is 4.53. The lowest BCUT2D eigenvalue weighted by molar-refractivity contribution is 0.0316. The maximum absolute atomic E-state index is 9.10. The number of furan rings is 1. The van der Waals surface area contributed by atoms with Gasteiger partial charge in [0.05, 0.1) is 32.6 Å². The van der Waals surface area contributed by atoms with Crippen LogP contribution in [0.1, 0.15) is 5.76 Å². The maximum Gasteiger partial charge on any atom is 0.117 e. The highest BCUT2D eigenvalue weighted by molar-refractivity contribution is 4.97. The number of hydrogen-bond donors (Lipinski definition) is 1. The third kappa shape index (κ3) is 4.42. The van der Waals surface area contributed by atoms with Crippen molar-refractivity contribution in [3.05, 3.63) is 24.2 Å². The lowest BCUT2D eigenvalue weighted by Crippen LogP contribution is -2.41. The Bertz CT molecular complexity index is 310. The monoisotopic (exact) mass is 254 g/mol. The van der Waals surface area contributed by atoms with Gasteiger partial charge in [-0.1, -0.05) is 0 Å². The minimum absolute atomic E-state index is 0.184. The molecule has 0 unspecified atom stereocenters. The van der Waals surface area contributed by atoms with Crippen LogP contribution in [0.3, 0.4) is 0 Å². The molecule has 1 aliphatic rings. The summed E-state index contributed by atoms with van der Waals surface area (Å²) in [5.74, 6) is 0.949. The van der Waals surface area contributed by atoms with E-state index in [1.165, 1.54) is 0 Å². The number of rotatable bonds is 7. The van der Waals surface area contributed by atoms with Gasteiger partial charge in [-0.2, -0.15) is 0 Å². The minimum Gasteiger partial charge on any atom is -0.468 e. The van der Waals surface area contributed by atoms with Gasteiger partial charge in [0.1, 0.15) is 5.76 Å². The normalized spacial score (nSPS) is 17.4. The van der Waals surface area contributed by atoms with Crippen LogP contribution in [0.2, 0.25) is 0 Å². The Morgan fingerprint density at radius 1 is 1.28 bits per heavy atom. The first-order chi connectivity index (χ1) is 8.88. The molecule has 1 aromatic heterocycles. The third-order valence-electron chi connectivity index (χ3n) is 3.21. The quantitative estimate of drug-likeness (QED) is 0.763. The molecule has 0 amide bonds. The van der Waals surface area contributed by atoms with Crippen molar-refractivity contribution < 1.29 is 14.3 Å². The molecule has 2 heterocycles. The third-order valence-corrected chi connectivity index (χ3v) is 3.21. The second kappa shape index (κ2) is 7.53. The van der Waals surface area contributed by atoms with Crippen molar-refractivity contribution in [2.24, 2.45) is 0 Å². The highest BCUT2D eigenvalue weighted by atomic mass is 16.5. The van der Waals surface area contributed by atoms with Gasteiger partial charge in [-0.25, -0.2) is 0 Å². The summed E-state index contributed by atoms with van der Waals surface area (Å²) in [6.07, 6.45) is 1.69. The van der Waals surface area contributed by atoms with Crippen LogP contribution in [-0.4, -0.2) is 67.5 Å². The molecular formula is C13H22N2O3. The van der Waals surface area contributed by atoms with E-state index in [4.69, 9.17) is 14.3 Å². The number of ether oxygens (including phenoxy) is 1. The number of nitrogens with zero attached hydrogens (tertiary/aromatic N) is 2. The van der Waals surface area contributed by atoms with Crippen LogP contribution in [0.15, 0.2) is 22.8 Å². The van der Waals surface area contributed by atoms with E-state index in [2.05, 4.69) is 9.80 Å². The first kappa shape index (κ1) is 13.5. The molecule has 1 fully saturated rings. The molecule has 1 N–H and O–H groups in total. The van der Waals surface area contributed by atoms with Gasteiger partial charge in [-0.15, -0.1) is 0 Å². The Hall–Kier alpha value is -0.880. The van der Waals surface area contributed by atoms with Gasteiger partial charge in [-0.05, 0) is 12.1 Å². The minimum atomic E-state index is 0.184. The molecule has 0 aromatic carbocycles. The van der Waals surface area contributed by atoms with Gasteiger partial charge in [0, 0.05) is 32.7 Å². The molecule has 0 radical (unpaired) electrons. The van der Waals surface area contributed by atoms with Crippen molar-refractivity contribution in [1.82, 2.24) is 9.80 Å². The zero-order valence-corrected chi connectivity index (χ0v) is 10.8. The average molecular weight is 254 g/mol. The lowest BCUT2D eigenvalue weighted by atomic mass is 10.3. The van der Waals surface area contributed by atoms with Crippen LogP contribution in [0.4, 0.5) is 0 Å². The molecule has 102 valence electrons. The molecule has 0 saturated carbocycles. The summed E-state index contributed by atoms with van der Waals surface area (Å²) in [5, 5.41) is 9.10. The summed E-state index contributed by atoms with van der Waals surface area (Å²) in [6, 6.07) is 3.87. The van der Waals surface area contributed by atoms with Gasteiger partial charge >= 0.3 is 0 Å². The molecule has 2 rings (SSSR count). The lowest BCUT2D eigenvalue weighted by Gasteiger charge is -2.29. The molecule has 1 aliphatic heterocycles. The molecular weight excluding hydrogens is 232 g/mol. The SMILES string of the molecule is OCCN(CCN1CCOCC1)Cc1ccco1. The van der Waals surface area contributed by atoms with Crippen molar-refractivity contribution in [2.45, 2.75) is 6.54 Å². The van der Waals surface area contributed by atoms with E-state index < -0.39 is 0 Å². The first-order valence-corrected chi connectivity index (χ1v) is 6.54. The number of hydrogen-bond acceptors (Lipinski definition) is 5. The fraction of sp³-hybridized carbons (Fsp3) is 0.692. The summed E-state index contributed by atoms with van der Waals surface area (Å²) in [7, 11) is 0. The van der Waals surface area contributed by atoms with Gasteiger partial charge in [0.15, 0.2) is 0 Å². The molecule has 1 aromatic rings. The van der Waals surface area contributed by atoms with Crippen LogP contribution < -0.4 is 0 Å². The topological polar surface area (TPSA) is 49.1 Å². The summed E-state index contributed by atoms with van der Waals surface area (Å²) in [6.45, 7) is 7.27. The van der Waals surface area contributed by atoms with Gasteiger partial charge in [0.2, 0.25) is 0 Å². The van der Waals surface area contributed by atoms with Crippen LogP contribution in [0.5, 0.6) is 0 Å². The van der Waals surface area contributed by atoms with E-state index in [0.29, 0.717) is 6.54 Å². The van der Waals surface area contributed by atoms with E-state index >= 15 is 0 Å². The van der Waals surface area contributed by atoms with Crippen molar-refractivity contribution >= 4 is 0 Å². The molecule has 0 atom stereocenters. The maximum atomic E-state index is 9.10.